The molecule has 1 fully saturated rings. The Morgan fingerprint density at radius 1 is 1.50 bits per heavy atom. The maximum atomic E-state index is 12.0. The molecule has 2 aliphatic rings. The molecule has 1 saturated heterocycles. The molecular weight excluding hydrogens is 260 g/mol. The number of aromatic amines is 1. The van der Waals surface area contributed by atoms with E-state index in [1.165, 1.54) is 6.33 Å². The lowest BCUT2D eigenvalue weighted by molar-refractivity contribution is -0.151. The summed E-state index contributed by atoms with van der Waals surface area (Å²) in [4.78, 5) is 27.2. The van der Waals surface area contributed by atoms with Crippen LogP contribution in [0.4, 0.5) is 0 Å². The molecule has 2 aromatic heterocycles. The van der Waals surface area contributed by atoms with Gasteiger partial charge in [0.2, 0.25) is 0 Å². The van der Waals surface area contributed by atoms with Crippen LogP contribution in [0.15, 0.2) is 24.7 Å². The number of hydrogen-bond donors (Lipinski definition) is 1. The van der Waals surface area contributed by atoms with Gasteiger partial charge >= 0.3 is 5.97 Å². The molecule has 7 nitrogen and oxygen atoms in total. The maximum absolute atomic E-state index is 12.0. The van der Waals surface area contributed by atoms with Crippen LogP contribution in [0, 0.1) is 5.92 Å². The summed E-state index contributed by atoms with van der Waals surface area (Å²) in [7, 11) is 0. The predicted molar refractivity (Wildman–Crippen MR) is 67.4 cm³/mol. The van der Waals surface area contributed by atoms with Crippen LogP contribution >= 0.6 is 0 Å². The summed E-state index contributed by atoms with van der Waals surface area (Å²) in [6.07, 6.45) is 7.62. The predicted octanol–water partition coefficient (Wildman–Crippen LogP) is 0.740. The number of esters is 1. The number of carbonyl (C=O) groups is 1. The van der Waals surface area contributed by atoms with Gasteiger partial charge in [-0.05, 0) is 6.42 Å². The Labute approximate surface area is 114 Å². The third kappa shape index (κ3) is 1.87. The zero-order valence-corrected chi connectivity index (χ0v) is 10.5. The normalized spacial score (nSPS) is 27.3. The average molecular weight is 272 g/mol. The van der Waals surface area contributed by atoms with E-state index < -0.39 is 0 Å². The highest BCUT2D eigenvalue weighted by Gasteiger charge is 2.42. The molecule has 0 amide bonds. The van der Waals surface area contributed by atoms with Crippen molar-refractivity contribution >= 4 is 17.1 Å². The van der Waals surface area contributed by atoms with Crippen molar-refractivity contribution in [3.05, 3.63) is 30.5 Å². The highest BCUT2D eigenvalue weighted by molar-refractivity contribution is 5.74. The molecule has 1 N–H and O–H groups in total. The molecule has 3 atom stereocenters. The van der Waals surface area contributed by atoms with Crippen LogP contribution in [0.25, 0.3) is 11.2 Å². The minimum Gasteiger partial charge on any atom is -0.457 e. The smallest absolute Gasteiger partial charge is 0.312 e. The van der Waals surface area contributed by atoms with Gasteiger partial charge in [0.05, 0.1) is 24.3 Å². The lowest BCUT2D eigenvalue weighted by atomic mass is 9.95. The Bertz CT molecular complexity index is 663. The van der Waals surface area contributed by atoms with Crippen LogP contribution in [-0.4, -0.2) is 38.1 Å². The van der Waals surface area contributed by atoms with E-state index in [1.54, 1.807) is 6.20 Å². The zero-order chi connectivity index (χ0) is 13.5. The number of carbonyl (C=O) groups excluding carboxylic acids is 1. The highest BCUT2D eigenvalue weighted by Crippen LogP contribution is 2.34. The molecule has 0 spiro atoms. The number of imidazole rings is 1. The quantitative estimate of drug-likeness (QED) is 0.654. The molecule has 4 heterocycles. The summed E-state index contributed by atoms with van der Waals surface area (Å²) < 4.78 is 10.9. The van der Waals surface area contributed by atoms with Crippen molar-refractivity contribution in [1.82, 2.24) is 19.9 Å². The van der Waals surface area contributed by atoms with Crippen molar-refractivity contribution in [2.45, 2.75) is 25.2 Å². The third-order valence-corrected chi connectivity index (χ3v) is 3.60. The number of nitrogens with zero attached hydrogens (tertiary/aromatic N) is 3. The van der Waals surface area contributed by atoms with E-state index in [9.17, 15) is 4.79 Å². The molecule has 0 aliphatic carbocycles. The molecule has 0 aromatic carbocycles. The monoisotopic (exact) mass is 272 g/mol. The Kier molecular flexibility index (Phi) is 2.53. The molecule has 2 aliphatic heterocycles. The summed E-state index contributed by atoms with van der Waals surface area (Å²) >= 11 is 0. The summed E-state index contributed by atoms with van der Waals surface area (Å²) in [5.74, 6) is 0.121. The second-order valence-electron chi connectivity index (χ2n) is 4.92. The van der Waals surface area contributed by atoms with E-state index in [0.717, 1.165) is 5.52 Å². The molecular formula is C13H12N4O3. The first-order valence-corrected chi connectivity index (χ1v) is 6.44. The fraction of sp³-hybridized carbons (Fsp3) is 0.385. The molecule has 0 unspecified atom stereocenters. The van der Waals surface area contributed by atoms with Gasteiger partial charge in [0.15, 0.2) is 5.65 Å². The van der Waals surface area contributed by atoms with E-state index in [4.69, 9.17) is 9.47 Å². The van der Waals surface area contributed by atoms with E-state index in [2.05, 4.69) is 19.9 Å². The highest BCUT2D eigenvalue weighted by atomic mass is 16.5. The van der Waals surface area contributed by atoms with E-state index in [-0.39, 0.29) is 30.7 Å². The molecule has 20 heavy (non-hydrogen) atoms. The van der Waals surface area contributed by atoms with Gasteiger partial charge in [-0.15, -0.1) is 0 Å². The van der Waals surface area contributed by atoms with Crippen LogP contribution in [-0.2, 0) is 20.9 Å². The maximum Gasteiger partial charge on any atom is 0.312 e. The van der Waals surface area contributed by atoms with Crippen LogP contribution in [0.3, 0.4) is 0 Å². The number of H-pyrrole nitrogens is 1. The van der Waals surface area contributed by atoms with Gasteiger partial charge in [-0.1, -0.05) is 12.2 Å². The minimum absolute atomic E-state index is 0.0685. The van der Waals surface area contributed by atoms with Gasteiger partial charge in [0.1, 0.15) is 24.3 Å². The fourth-order valence-electron chi connectivity index (χ4n) is 2.63. The van der Waals surface area contributed by atoms with Crippen LogP contribution < -0.4 is 0 Å². The van der Waals surface area contributed by atoms with Gasteiger partial charge < -0.3 is 14.5 Å². The Balaban J connectivity index is 1.42. The number of nitrogens with one attached hydrogen (secondary N) is 1. The largest absolute Gasteiger partial charge is 0.457 e. The standard InChI is InChI=1S/C13H12N4O3/c18-13(8-3-7-1-2-10(8)20-7)19-5-11-16-9-4-14-6-15-12(9)17-11/h1-2,4,6-8,10H,3,5H2,(H,14,15,16,17)/t7-,8-,10+/m1/s1. The van der Waals surface area contributed by atoms with Crippen molar-refractivity contribution in [3.8, 4) is 0 Å². The van der Waals surface area contributed by atoms with Gasteiger partial charge in [-0.3, -0.25) is 4.79 Å². The second kappa shape index (κ2) is 4.38. The number of rotatable bonds is 3. The summed E-state index contributed by atoms with van der Waals surface area (Å²) in [6, 6.07) is 0. The van der Waals surface area contributed by atoms with Crippen molar-refractivity contribution in [2.24, 2.45) is 5.92 Å². The topological polar surface area (TPSA) is 90.0 Å². The molecule has 7 heteroatoms. The van der Waals surface area contributed by atoms with E-state index in [0.29, 0.717) is 17.9 Å². The van der Waals surface area contributed by atoms with E-state index >= 15 is 0 Å². The molecule has 102 valence electrons. The van der Waals surface area contributed by atoms with E-state index in [1.807, 2.05) is 12.2 Å². The van der Waals surface area contributed by atoms with Crippen molar-refractivity contribution in [2.75, 3.05) is 0 Å². The van der Waals surface area contributed by atoms with Gasteiger partial charge in [-0.25, -0.2) is 15.0 Å². The first-order chi connectivity index (χ1) is 9.79. The van der Waals surface area contributed by atoms with Crippen molar-refractivity contribution in [1.29, 1.82) is 0 Å². The molecule has 2 bridgehead atoms. The first-order valence-electron chi connectivity index (χ1n) is 6.44. The Hall–Kier alpha value is -2.28. The van der Waals surface area contributed by atoms with Gasteiger partial charge in [0, 0.05) is 0 Å². The Morgan fingerprint density at radius 3 is 3.20 bits per heavy atom. The van der Waals surface area contributed by atoms with Crippen LogP contribution in [0.2, 0.25) is 0 Å². The minimum atomic E-state index is -0.242. The van der Waals surface area contributed by atoms with Crippen molar-refractivity contribution in [3.63, 3.8) is 0 Å². The average Bonchev–Trinajstić information content (AvgIpc) is 3.18. The number of ether oxygens (including phenoxy) is 2. The summed E-state index contributed by atoms with van der Waals surface area (Å²) in [6.45, 7) is 0.104. The van der Waals surface area contributed by atoms with Crippen LogP contribution in [0.5, 0.6) is 0 Å². The molecule has 0 saturated carbocycles. The van der Waals surface area contributed by atoms with Gasteiger partial charge in [0.25, 0.3) is 0 Å². The second-order valence-corrected chi connectivity index (χ2v) is 4.92. The van der Waals surface area contributed by atoms with Crippen LogP contribution in [0.1, 0.15) is 12.2 Å². The Morgan fingerprint density at radius 2 is 2.45 bits per heavy atom. The first kappa shape index (κ1) is 11.5. The fourth-order valence-corrected chi connectivity index (χ4v) is 2.63. The number of fused-ring (bicyclic) bond motifs is 3. The SMILES string of the molecule is O=C(OCc1nc2ncncc2[nH]1)[C@@H]1C[C@H]2C=C[C@@H]1O2. The van der Waals surface area contributed by atoms with Gasteiger partial charge in [-0.2, -0.15) is 0 Å². The summed E-state index contributed by atoms with van der Waals surface area (Å²) in [5, 5.41) is 0. The lowest BCUT2D eigenvalue weighted by Gasteiger charge is -2.13. The zero-order valence-electron chi connectivity index (χ0n) is 10.5. The molecule has 0 radical (unpaired) electrons. The summed E-state index contributed by atoms with van der Waals surface area (Å²) in [5.41, 5.74) is 1.29. The molecule has 4 rings (SSSR count). The third-order valence-electron chi connectivity index (χ3n) is 3.60. The number of aromatic nitrogens is 4. The lowest BCUT2D eigenvalue weighted by Crippen LogP contribution is -2.25. The molecule has 2 aromatic rings. The number of hydrogen-bond acceptors (Lipinski definition) is 6. The van der Waals surface area contributed by atoms with Crippen molar-refractivity contribution < 1.29 is 14.3 Å².